The molecule has 0 unspecified atom stereocenters. The second-order valence-corrected chi connectivity index (χ2v) is 3.77. The molecule has 98 valence electrons. The van der Waals surface area contributed by atoms with Crippen LogP contribution in [0.5, 0.6) is 0 Å². The lowest BCUT2D eigenvalue weighted by Gasteiger charge is -2.12. The van der Waals surface area contributed by atoms with Crippen molar-refractivity contribution in [2.24, 2.45) is 0 Å². The van der Waals surface area contributed by atoms with Crippen LogP contribution in [0, 0.1) is 0 Å². The molecule has 0 radical (unpaired) electrons. The second kappa shape index (κ2) is 6.43. The third-order valence-electron chi connectivity index (χ3n) is 2.08. The van der Waals surface area contributed by atoms with Crippen LogP contribution in [0.4, 0.5) is 10.6 Å². The number of urea groups is 1. The van der Waals surface area contributed by atoms with Gasteiger partial charge >= 0.3 is 12.0 Å². The SMILES string of the molecule is CN(C)C(=O)NCCNc1cccc(C(=O)O)n1. The highest BCUT2D eigenvalue weighted by Crippen LogP contribution is 2.03. The number of nitrogens with zero attached hydrogens (tertiary/aromatic N) is 2. The molecule has 0 aromatic carbocycles. The molecule has 0 bridgehead atoms. The van der Waals surface area contributed by atoms with Gasteiger partial charge in [-0.15, -0.1) is 0 Å². The molecule has 1 rings (SSSR count). The van der Waals surface area contributed by atoms with Crippen LogP contribution in [0.15, 0.2) is 18.2 Å². The number of nitrogens with one attached hydrogen (secondary N) is 2. The van der Waals surface area contributed by atoms with Crippen LogP contribution < -0.4 is 10.6 Å². The molecule has 0 saturated carbocycles. The zero-order valence-corrected chi connectivity index (χ0v) is 10.3. The summed E-state index contributed by atoms with van der Waals surface area (Å²) in [5, 5.41) is 14.4. The minimum atomic E-state index is -1.07. The fourth-order valence-corrected chi connectivity index (χ4v) is 1.17. The van der Waals surface area contributed by atoms with E-state index in [0.717, 1.165) is 0 Å². The van der Waals surface area contributed by atoms with Gasteiger partial charge in [-0.25, -0.2) is 14.6 Å². The smallest absolute Gasteiger partial charge is 0.354 e. The molecule has 7 heteroatoms. The summed E-state index contributed by atoms with van der Waals surface area (Å²) in [6, 6.07) is 4.52. The number of anilines is 1. The topological polar surface area (TPSA) is 94.6 Å². The number of amides is 2. The van der Waals surface area contributed by atoms with Gasteiger partial charge in [-0.3, -0.25) is 0 Å². The van der Waals surface area contributed by atoms with Crippen molar-refractivity contribution in [3.05, 3.63) is 23.9 Å². The van der Waals surface area contributed by atoms with Crippen molar-refractivity contribution in [3.63, 3.8) is 0 Å². The lowest BCUT2D eigenvalue weighted by Crippen LogP contribution is -2.37. The summed E-state index contributed by atoms with van der Waals surface area (Å²) in [5.74, 6) is -0.603. The van der Waals surface area contributed by atoms with Gasteiger partial charge in [-0.2, -0.15) is 0 Å². The first-order chi connectivity index (χ1) is 8.50. The molecule has 7 nitrogen and oxygen atoms in total. The molecule has 0 spiro atoms. The van der Waals surface area contributed by atoms with Crippen molar-refractivity contribution in [2.75, 3.05) is 32.5 Å². The highest BCUT2D eigenvalue weighted by molar-refractivity contribution is 5.85. The molecule has 18 heavy (non-hydrogen) atoms. The van der Waals surface area contributed by atoms with E-state index in [4.69, 9.17) is 5.11 Å². The van der Waals surface area contributed by atoms with E-state index in [1.165, 1.54) is 11.0 Å². The summed E-state index contributed by atoms with van der Waals surface area (Å²) in [5.41, 5.74) is -0.0164. The molecule has 1 aromatic rings. The third-order valence-corrected chi connectivity index (χ3v) is 2.08. The van der Waals surface area contributed by atoms with Crippen LogP contribution in [0.1, 0.15) is 10.5 Å². The number of aromatic carboxylic acids is 1. The highest BCUT2D eigenvalue weighted by atomic mass is 16.4. The van der Waals surface area contributed by atoms with Gasteiger partial charge in [0.05, 0.1) is 0 Å². The molecule has 0 aliphatic carbocycles. The summed E-state index contributed by atoms with van der Waals surface area (Å²) in [6.07, 6.45) is 0. The van der Waals surface area contributed by atoms with Gasteiger partial charge in [-0.1, -0.05) is 6.07 Å². The van der Waals surface area contributed by atoms with Crippen molar-refractivity contribution in [3.8, 4) is 0 Å². The van der Waals surface area contributed by atoms with E-state index in [9.17, 15) is 9.59 Å². The summed E-state index contributed by atoms with van der Waals surface area (Å²) in [6.45, 7) is 0.894. The second-order valence-electron chi connectivity index (χ2n) is 3.77. The minimum Gasteiger partial charge on any atom is -0.477 e. The highest BCUT2D eigenvalue weighted by Gasteiger charge is 2.05. The number of hydrogen-bond donors (Lipinski definition) is 3. The fourth-order valence-electron chi connectivity index (χ4n) is 1.17. The molecular weight excluding hydrogens is 236 g/mol. The van der Waals surface area contributed by atoms with Crippen LogP contribution in [0.2, 0.25) is 0 Å². The van der Waals surface area contributed by atoms with Crippen molar-refractivity contribution >= 4 is 17.8 Å². The quantitative estimate of drug-likeness (QED) is 0.662. The van der Waals surface area contributed by atoms with Crippen LogP contribution >= 0.6 is 0 Å². The largest absolute Gasteiger partial charge is 0.477 e. The maximum Gasteiger partial charge on any atom is 0.354 e. The molecule has 2 amide bonds. The Bertz CT molecular complexity index is 434. The minimum absolute atomic E-state index is 0.0164. The Morgan fingerprint density at radius 2 is 2.06 bits per heavy atom. The first kappa shape index (κ1) is 13.8. The number of carbonyl (C=O) groups is 2. The van der Waals surface area contributed by atoms with Gasteiger partial charge in [-0.05, 0) is 12.1 Å². The van der Waals surface area contributed by atoms with Gasteiger partial charge in [0.25, 0.3) is 0 Å². The molecule has 0 atom stereocenters. The predicted octanol–water partition coefficient (Wildman–Crippen LogP) is 0.463. The lowest BCUT2D eigenvalue weighted by atomic mass is 10.3. The first-order valence-corrected chi connectivity index (χ1v) is 5.40. The number of pyridine rings is 1. The predicted molar refractivity (Wildman–Crippen MR) is 66.8 cm³/mol. The van der Waals surface area contributed by atoms with Crippen molar-refractivity contribution in [1.29, 1.82) is 0 Å². The first-order valence-electron chi connectivity index (χ1n) is 5.40. The molecule has 3 N–H and O–H groups in total. The number of aromatic nitrogens is 1. The van der Waals surface area contributed by atoms with Gasteiger partial charge in [0.15, 0.2) is 5.69 Å². The molecule has 1 heterocycles. The van der Waals surface area contributed by atoms with Gasteiger partial charge in [0.2, 0.25) is 0 Å². The molecule has 0 saturated heterocycles. The number of carboxylic acid groups (broad SMARTS) is 1. The number of carbonyl (C=O) groups excluding carboxylic acids is 1. The van der Waals surface area contributed by atoms with E-state index >= 15 is 0 Å². The molecule has 1 aromatic heterocycles. The Morgan fingerprint density at radius 1 is 1.33 bits per heavy atom. The number of rotatable bonds is 5. The Kier molecular flexibility index (Phi) is 4.91. The normalized spacial score (nSPS) is 9.67. The van der Waals surface area contributed by atoms with Crippen LogP contribution in [0.25, 0.3) is 0 Å². The fraction of sp³-hybridized carbons (Fsp3) is 0.364. The summed E-state index contributed by atoms with van der Waals surface area (Å²) < 4.78 is 0. The zero-order chi connectivity index (χ0) is 13.5. The third kappa shape index (κ3) is 4.28. The van der Waals surface area contributed by atoms with E-state index in [1.807, 2.05) is 0 Å². The zero-order valence-electron chi connectivity index (χ0n) is 10.3. The molecule has 0 aliphatic rings. The average molecular weight is 252 g/mol. The maximum atomic E-state index is 11.2. The van der Waals surface area contributed by atoms with E-state index in [0.29, 0.717) is 18.9 Å². The van der Waals surface area contributed by atoms with Gasteiger partial charge in [0, 0.05) is 27.2 Å². The molecule has 0 aliphatic heterocycles. The lowest BCUT2D eigenvalue weighted by molar-refractivity contribution is 0.0690. The van der Waals surface area contributed by atoms with Crippen molar-refractivity contribution in [1.82, 2.24) is 15.2 Å². The van der Waals surface area contributed by atoms with Crippen molar-refractivity contribution in [2.45, 2.75) is 0 Å². The Labute approximate surface area is 105 Å². The monoisotopic (exact) mass is 252 g/mol. The Balaban J connectivity index is 2.38. The van der Waals surface area contributed by atoms with Gasteiger partial charge < -0.3 is 20.6 Å². The summed E-state index contributed by atoms with van der Waals surface area (Å²) in [4.78, 5) is 27.2. The van der Waals surface area contributed by atoms with Crippen molar-refractivity contribution < 1.29 is 14.7 Å². The average Bonchev–Trinajstić information content (AvgIpc) is 2.34. The molecule has 0 fully saturated rings. The standard InChI is InChI=1S/C11H16N4O3/c1-15(2)11(18)13-7-6-12-9-5-3-4-8(14-9)10(16)17/h3-5H,6-7H2,1-2H3,(H,12,14)(H,13,18)(H,16,17). The van der Waals surface area contributed by atoms with Crippen LogP contribution in [-0.2, 0) is 0 Å². The van der Waals surface area contributed by atoms with Crippen LogP contribution in [-0.4, -0.2) is 54.2 Å². The van der Waals surface area contributed by atoms with E-state index in [1.54, 1.807) is 26.2 Å². The molecular formula is C11H16N4O3. The summed E-state index contributed by atoms with van der Waals surface area (Å²) >= 11 is 0. The van der Waals surface area contributed by atoms with Gasteiger partial charge in [0.1, 0.15) is 5.82 Å². The number of hydrogen-bond acceptors (Lipinski definition) is 4. The Morgan fingerprint density at radius 3 is 2.67 bits per heavy atom. The van der Waals surface area contributed by atoms with Crippen LogP contribution in [0.3, 0.4) is 0 Å². The summed E-state index contributed by atoms with van der Waals surface area (Å²) in [7, 11) is 3.31. The van der Waals surface area contributed by atoms with E-state index in [-0.39, 0.29) is 11.7 Å². The van der Waals surface area contributed by atoms with E-state index in [2.05, 4.69) is 15.6 Å². The maximum absolute atomic E-state index is 11.2. The van der Waals surface area contributed by atoms with E-state index < -0.39 is 5.97 Å². The number of carboxylic acids is 1. The Hall–Kier alpha value is -2.31.